The van der Waals surface area contributed by atoms with Crippen LogP contribution in [0.3, 0.4) is 0 Å². The molecule has 1 aliphatic carbocycles. The molecule has 1 aliphatic rings. The first-order valence-electron chi connectivity index (χ1n) is 16.9. The van der Waals surface area contributed by atoms with Crippen LogP contribution in [0.15, 0.2) is 77.9 Å². The van der Waals surface area contributed by atoms with Gasteiger partial charge in [0, 0.05) is 65.7 Å². The minimum Gasteiger partial charge on any atom is -0.464 e. The maximum Gasteiger partial charge on any atom is 0.421 e. The molecule has 1 aromatic heterocycles. The van der Waals surface area contributed by atoms with E-state index in [1.165, 1.54) is 7.05 Å². The van der Waals surface area contributed by atoms with Gasteiger partial charge in [0.25, 0.3) is 0 Å². The fourth-order valence-corrected chi connectivity index (χ4v) is 6.95. The second-order valence-corrected chi connectivity index (χ2v) is 12.7. The van der Waals surface area contributed by atoms with Gasteiger partial charge in [-0.2, -0.15) is 8.78 Å². The maximum absolute atomic E-state index is 14.3. The molecule has 1 atom stereocenters. The van der Waals surface area contributed by atoms with Gasteiger partial charge in [0.15, 0.2) is 0 Å². The van der Waals surface area contributed by atoms with E-state index in [-0.39, 0.29) is 32.0 Å². The number of rotatable bonds is 13. The van der Waals surface area contributed by atoms with Crippen molar-refractivity contribution in [3.8, 4) is 16.9 Å². The number of nitrogens with zero attached hydrogens (tertiary/aromatic N) is 6. The summed E-state index contributed by atoms with van der Waals surface area (Å²) in [6.45, 7) is 1.54. The number of carbonyl (C=O) groups is 3. The molecular weight excluding hydrogens is 729 g/mol. The highest BCUT2D eigenvalue weighted by atomic mass is 19.2. The van der Waals surface area contributed by atoms with Gasteiger partial charge in [-0.15, -0.1) is 0 Å². The van der Waals surface area contributed by atoms with Gasteiger partial charge < -0.3 is 19.7 Å². The third-order valence-corrected chi connectivity index (χ3v) is 9.52. The molecule has 55 heavy (non-hydrogen) atoms. The molecule has 17 heteroatoms. The van der Waals surface area contributed by atoms with Gasteiger partial charge in [-0.25, -0.2) is 28.0 Å². The van der Waals surface area contributed by atoms with E-state index in [1.807, 2.05) is 55.5 Å². The number of fused-ring (bicyclic) bond motifs is 4. The van der Waals surface area contributed by atoms with Crippen LogP contribution in [0.5, 0.6) is 5.75 Å². The molecule has 4 aromatic carbocycles. The van der Waals surface area contributed by atoms with Crippen molar-refractivity contribution in [2.24, 2.45) is 5.11 Å². The van der Waals surface area contributed by atoms with E-state index >= 15 is 0 Å². The number of aromatic nitrogens is 1. The van der Waals surface area contributed by atoms with Gasteiger partial charge in [0.1, 0.15) is 0 Å². The van der Waals surface area contributed by atoms with Crippen molar-refractivity contribution in [1.29, 1.82) is 0 Å². The smallest absolute Gasteiger partial charge is 0.421 e. The number of aryl methyl sites for hydroxylation is 1. The van der Waals surface area contributed by atoms with Crippen LogP contribution in [0.4, 0.5) is 32.4 Å². The minimum atomic E-state index is -2.40. The second-order valence-electron chi connectivity index (χ2n) is 12.7. The molecule has 2 amide bonds. The monoisotopic (exact) mass is 761 g/mol. The number of esters is 1. The van der Waals surface area contributed by atoms with Crippen LogP contribution in [0, 0.1) is 29.1 Å². The van der Waals surface area contributed by atoms with Crippen molar-refractivity contribution in [3.05, 3.63) is 129 Å². The van der Waals surface area contributed by atoms with E-state index in [0.717, 1.165) is 27.3 Å². The molecule has 284 valence electrons. The summed E-state index contributed by atoms with van der Waals surface area (Å²) in [5.74, 6) is -15.3. The van der Waals surface area contributed by atoms with E-state index in [4.69, 9.17) is 5.53 Å². The number of amides is 2. The normalized spacial score (nSPS) is 12.6. The Balaban J connectivity index is 1.36. The van der Waals surface area contributed by atoms with Crippen molar-refractivity contribution in [3.63, 3.8) is 0 Å². The molecule has 0 saturated carbocycles. The molecule has 6 rings (SSSR count). The Morgan fingerprint density at radius 1 is 0.909 bits per heavy atom. The average molecular weight is 762 g/mol. The zero-order chi connectivity index (χ0) is 39.6. The van der Waals surface area contributed by atoms with Gasteiger partial charge in [0.05, 0.1) is 13.0 Å². The van der Waals surface area contributed by atoms with Gasteiger partial charge in [0.2, 0.25) is 40.7 Å². The molecule has 1 heterocycles. The highest BCUT2D eigenvalue weighted by molar-refractivity contribution is 5.94. The minimum absolute atomic E-state index is 0.0555. The Morgan fingerprint density at radius 2 is 1.51 bits per heavy atom. The predicted octanol–water partition coefficient (Wildman–Crippen LogP) is 8.50. The van der Waals surface area contributed by atoms with Gasteiger partial charge in [-0.1, -0.05) is 53.6 Å². The summed E-state index contributed by atoms with van der Waals surface area (Å²) in [6.07, 6.45) is -1.95. The van der Waals surface area contributed by atoms with Crippen LogP contribution in [-0.4, -0.2) is 57.3 Å². The molecular formula is C38H32F5N7O5. The summed E-state index contributed by atoms with van der Waals surface area (Å²) in [4.78, 5) is 40.5. The second kappa shape index (κ2) is 15.9. The first-order valence-corrected chi connectivity index (χ1v) is 16.9. The lowest BCUT2D eigenvalue weighted by Gasteiger charge is -2.38. The molecule has 0 bridgehead atoms. The Morgan fingerprint density at radius 3 is 2.11 bits per heavy atom. The fourth-order valence-electron chi connectivity index (χ4n) is 6.95. The van der Waals surface area contributed by atoms with Crippen molar-refractivity contribution in [1.82, 2.24) is 14.6 Å². The van der Waals surface area contributed by atoms with E-state index in [2.05, 4.69) is 20.1 Å². The van der Waals surface area contributed by atoms with Gasteiger partial charge >= 0.3 is 12.1 Å². The Hall–Kier alpha value is -6.45. The maximum atomic E-state index is 14.3. The topological polar surface area (TPSA) is 153 Å². The van der Waals surface area contributed by atoms with Crippen LogP contribution in [-0.2, 0) is 22.7 Å². The SMILES string of the molecule is CC(C1c2ccccc2-c2ccccc21)N(Cc1cc2cc(NC(=O)CCN=[N+]=[N-])ccc2n1CCC(=O)Oc1c(F)c(F)c(F)c(F)c1F)N(C)C(=O)O. The van der Waals surface area contributed by atoms with Gasteiger partial charge in [-0.05, 0) is 59.0 Å². The zero-order valence-corrected chi connectivity index (χ0v) is 29.3. The van der Waals surface area contributed by atoms with Crippen LogP contribution < -0.4 is 10.1 Å². The predicted molar refractivity (Wildman–Crippen MR) is 190 cm³/mol. The van der Waals surface area contributed by atoms with Crippen molar-refractivity contribution < 1.29 is 46.2 Å². The lowest BCUT2D eigenvalue weighted by molar-refractivity contribution is -0.135. The number of hydrogen-bond acceptors (Lipinski definition) is 6. The summed E-state index contributed by atoms with van der Waals surface area (Å²) in [5, 5.41) is 19.6. The van der Waals surface area contributed by atoms with Crippen LogP contribution in [0.1, 0.15) is 42.5 Å². The molecule has 12 nitrogen and oxygen atoms in total. The highest BCUT2D eigenvalue weighted by Gasteiger charge is 2.37. The number of hydrazine groups is 1. The molecule has 2 N–H and O–H groups in total. The zero-order valence-electron chi connectivity index (χ0n) is 29.3. The summed E-state index contributed by atoms with van der Waals surface area (Å²) in [7, 11) is 1.39. The number of benzene rings is 4. The van der Waals surface area contributed by atoms with E-state index in [1.54, 1.807) is 33.8 Å². The highest BCUT2D eigenvalue weighted by Crippen LogP contribution is 2.47. The molecule has 0 radical (unpaired) electrons. The molecule has 0 aliphatic heterocycles. The van der Waals surface area contributed by atoms with Crippen molar-refractivity contribution in [2.75, 3.05) is 18.9 Å². The van der Waals surface area contributed by atoms with Crippen molar-refractivity contribution in [2.45, 2.75) is 44.8 Å². The van der Waals surface area contributed by atoms with Crippen LogP contribution in [0.25, 0.3) is 32.5 Å². The van der Waals surface area contributed by atoms with E-state index < -0.39 is 65.3 Å². The number of carboxylic acid groups (broad SMARTS) is 1. The van der Waals surface area contributed by atoms with Crippen LogP contribution >= 0.6 is 0 Å². The Labute approximate surface area is 309 Å². The molecule has 5 aromatic rings. The van der Waals surface area contributed by atoms with E-state index in [0.29, 0.717) is 22.3 Å². The van der Waals surface area contributed by atoms with Crippen LogP contribution in [0.2, 0.25) is 0 Å². The number of halogens is 5. The summed E-state index contributed by atoms with van der Waals surface area (Å²) in [6, 6.07) is 21.7. The molecule has 0 saturated heterocycles. The molecule has 0 spiro atoms. The quantitative estimate of drug-likeness (QED) is 0.0141. The lowest BCUT2D eigenvalue weighted by atomic mass is 9.90. The number of ether oxygens (including phenoxy) is 1. The first-order chi connectivity index (χ1) is 26.3. The number of anilines is 1. The number of azide groups is 1. The standard InChI is InChI=1S/C38H32F5N7O5/c1-20(31-26-9-5-3-7-24(26)25-8-4-6-10-27(25)31)50(48(2)38(53)54)19-23-18-21-17-22(46-29(51)13-15-45-47-44)11-12-28(21)49(23)16-14-30(52)55-37-35(42)33(40)32(39)34(41)36(37)43/h3-12,17-18,20,31H,13-16,19H2,1-2H3,(H,46,51)(H,53,54). The molecule has 0 fully saturated rings. The first kappa shape index (κ1) is 38.3. The Kier molecular flexibility index (Phi) is 11.1. The number of carbonyl (C=O) groups excluding carboxylic acids is 2. The van der Waals surface area contributed by atoms with E-state index in [9.17, 15) is 41.4 Å². The molecule has 1 unspecified atom stereocenters. The summed E-state index contributed by atoms with van der Waals surface area (Å²) in [5.41, 5.74) is 13.9. The van der Waals surface area contributed by atoms with Crippen molar-refractivity contribution >= 4 is 34.6 Å². The average Bonchev–Trinajstić information content (AvgIpc) is 3.70. The number of hydrogen-bond donors (Lipinski definition) is 2. The fraction of sp³-hybridized carbons (Fsp3) is 0.237. The Bertz CT molecular complexity index is 2310. The summed E-state index contributed by atoms with van der Waals surface area (Å²) >= 11 is 0. The third-order valence-electron chi connectivity index (χ3n) is 9.52. The lowest BCUT2D eigenvalue weighted by Crippen LogP contribution is -2.49. The summed E-state index contributed by atoms with van der Waals surface area (Å²) < 4.78 is 76.1. The van der Waals surface area contributed by atoms with Gasteiger partial charge in [-0.3, -0.25) is 9.59 Å². The largest absolute Gasteiger partial charge is 0.464 e. The third kappa shape index (κ3) is 7.52. The number of nitrogens with one attached hydrogen (secondary N) is 1.